The molecule has 2 aromatic rings. The van der Waals surface area contributed by atoms with Crippen molar-refractivity contribution in [1.82, 2.24) is 10.3 Å². The molecule has 1 saturated heterocycles. The first-order valence-corrected chi connectivity index (χ1v) is 5.66. The number of aromatic nitrogens is 1. The maximum atomic E-state index is 4.52. The summed E-state index contributed by atoms with van der Waals surface area (Å²) in [5.74, 6) is 0.629. The van der Waals surface area contributed by atoms with Crippen molar-refractivity contribution in [2.75, 3.05) is 13.1 Å². The molecule has 2 heterocycles. The van der Waals surface area contributed by atoms with Crippen molar-refractivity contribution in [3.63, 3.8) is 0 Å². The van der Waals surface area contributed by atoms with Crippen LogP contribution in [0.2, 0.25) is 0 Å². The van der Waals surface area contributed by atoms with Gasteiger partial charge in [0.05, 0.1) is 5.69 Å². The first kappa shape index (κ1) is 11.8. The van der Waals surface area contributed by atoms with Crippen LogP contribution in [0, 0.1) is 0 Å². The monoisotopic (exact) mass is 226 g/mol. The highest BCUT2D eigenvalue weighted by Gasteiger charge is 2.22. The molecular weight excluding hydrogens is 208 g/mol. The molecule has 1 aliphatic heterocycles. The van der Waals surface area contributed by atoms with Gasteiger partial charge in [-0.1, -0.05) is 43.8 Å². The fourth-order valence-corrected chi connectivity index (χ4v) is 2.09. The third-order valence-electron chi connectivity index (χ3n) is 3.11. The Hall–Kier alpha value is -1.67. The van der Waals surface area contributed by atoms with Crippen molar-refractivity contribution in [2.24, 2.45) is 0 Å². The molecule has 0 unspecified atom stereocenters. The number of pyridine rings is 1. The van der Waals surface area contributed by atoms with Gasteiger partial charge < -0.3 is 5.32 Å². The van der Waals surface area contributed by atoms with E-state index in [1.54, 1.807) is 0 Å². The molecule has 0 radical (unpaired) electrons. The zero-order valence-electron chi connectivity index (χ0n) is 9.06. The summed E-state index contributed by atoms with van der Waals surface area (Å²) in [7, 11) is 0. The predicted molar refractivity (Wildman–Crippen MR) is 72.0 cm³/mol. The Kier molecular flexibility index (Phi) is 3.55. The SMILES string of the molecule is C.c1ccc(-c2ncccc2C2CNC2)cc1. The molecule has 1 N–H and O–H groups in total. The van der Waals surface area contributed by atoms with E-state index in [4.69, 9.17) is 0 Å². The van der Waals surface area contributed by atoms with Crippen LogP contribution in [-0.2, 0) is 0 Å². The molecule has 88 valence electrons. The molecule has 1 aliphatic rings. The fraction of sp³-hybridized carbons (Fsp3) is 0.267. The molecule has 0 atom stereocenters. The summed E-state index contributed by atoms with van der Waals surface area (Å²) in [4.78, 5) is 4.52. The van der Waals surface area contributed by atoms with E-state index in [0.29, 0.717) is 5.92 Å². The molecule has 0 aliphatic carbocycles. The number of rotatable bonds is 2. The van der Waals surface area contributed by atoms with Crippen molar-refractivity contribution >= 4 is 0 Å². The minimum absolute atomic E-state index is 0. The summed E-state index contributed by atoms with van der Waals surface area (Å²) in [5.41, 5.74) is 3.71. The summed E-state index contributed by atoms with van der Waals surface area (Å²) in [5, 5.41) is 3.31. The quantitative estimate of drug-likeness (QED) is 0.851. The molecule has 3 rings (SSSR count). The van der Waals surface area contributed by atoms with E-state index in [1.165, 1.54) is 11.1 Å². The van der Waals surface area contributed by atoms with Crippen LogP contribution < -0.4 is 5.32 Å². The number of benzene rings is 1. The Balaban J connectivity index is 0.00000108. The molecule has 2 heteroatoms. The van der Waals surface area contributed by atoms with E-state index in [2.05, 4.69) is 40.6 Å². The van der Waals surface area contributed by atoms with Crippen molar-refractivity contribution in [3.8, 4) is 11.3 Å². The van der Waals surface area contributed by atoms with E-state index in [1.807, 2.05) is 18.3 Å². The van der Waals surface area contributed by atoms with E-state index < -0.39 is 0 Å². The summed E-state index contributed by atoms with van der Waals surface area (Å²) < 4.78 is 0. The van der Waals surface area contributed by atoms with Crippen LogP contribution >= 0.6 is 0 Å². The number of hydrogen-bond acceptors (Lipinski definition) is 2. The van der Waals surface area contributed by atoms with Crippen molar-refractivity contribution < 1.29 is 0 Å². The highest BCUT2D eigenvalue weighted by atomic mass is 14.9. The Bertz CT molecular complexity index is 475. The minimum atomic E-state index is 0. The molecule has 1 aromatic heterocycles. The summed E-state index contributed by atoms with van der Waals surface area (Å²) in [6.07, 6.45) is 1.87. The maximum absolute atomic E-state index is 4.52. The number of nitrogens with zero attached hydrogens (tertiary/aromatic N) is 1. The van der Waals surface area contributed by atoms with Crippen LogP contribution in [0.4, 0.5) is 0 Å². The Morgan fingerprint density at radius 3 is 2.41 bits per heavy atom. The Labute approximate surface area is 103 Å². The number of nitrogens with one attached hydrogen (secondary N) is 1. The van der Waals surface area contributed by atoms with Crippen molar-refractivity contribution in [3.05, 3.63) is 54.2 Å². The molecule has 0 bridgehead atoms. The first-order valence-electron chi connectivity index (χ1n) is 5.66. The third-order valence-corrected chi connectivity index (χ3v) is 3.11. The lowest BCUT2D eigenvalue weighted by molar-refractivity contribution is 0.448. The van der Waals surface area contributed by atoms with Gasteiger partial charge in [-0.15, -0.1) is 0 Å². The topological polar surface area (TPSA) is 24.9 Å². The first-order chi connectivity index (χ1) is 7.95. The molecule has 1 fully saturated rings. The summed E-state index contributed by atoms with van der Waals surface area (Å²) >= 11 is 0. The van der Waals surface area contributed by atoms with Gasteiger partial charge in [-0.3, -0.25) is 4.98 Å². The lowest BCUT2D eigenvalue weighted by Crippen LogP contribution is -2.40. The van der Waals surface area contributed by atoms with E-state index in [0.717, 1.165) is 18.8 Å². The van der Waals surface area contributed by atoms with Crippen LogP contribution in [0.1, 0.15) is 18.9 Å². The lowest BCUT2D eigenvalue weighted by Gasteiger charge is -2.28. The normalized spacial score (nSPS) is 14.8. The van der Waals surface area contributed by atoms with Crippen LogP contribution in [0.15, 0.2) is 48.7 Å². The standard InChI is InChI=1S/C14H14N2.CH4/c1-2-5-11(6-3-1)14-13(7-4-8-16-14)12-9-15-10-12;/h1-8,12,15H,9-10H2;1H4. The van der Waals surface area contributed by atoms with Crippen LogP contribution in [0.25, 0.3) is 11.3 Å². The summed E-state index contributed by atoms with van der Waals surface area (Å²) in [6, 6.07) is 14.6. The fourth-order valence-electron chi connectivity index (χ4n) is 2.09. The highest BCUT2D eigenvalue weighted by molar-refractivity contribution is 5.63. The van der Waals surface area contributed by atoms with Crippen molar-refractivity contribution in [2.45, 2.75) is 13.3 Å². The molecule has 2 nitrogen and oxygen atoms in total. The second-order valence-corrected chi connectivity index (χ2v) is 4.16. The largest absolute Gasteiger partial charge is 0.315 e. The smallest absolute Gasteiger partial charge is 0.0737 e. The Morgan fingerprint density at radius 2 is 1.76 bits per heavy atom. The molecule has 0 spiro atoms. The lowest BCUT2D eigenvalue weighted by atomic mass is 9.90. The second kappa shape index (κ2) is 5.11. The van der Waals surface area contributed by atoms with Gasteiger partial charge in [0.15, 0.2) is 0 Å². The Morgan fingerprint density at radius 1 is 1.00 bits per heavy atom. The van der Waals surface area contributed by atoms with E-state index in [9.17, 15) is 0 Å². The second-order valence-electron chi connectivity index (χ2n) is 4.16. The van der Waals surface area contributed by atoms with Gasteiger partial charge >= 0.3 is 0 Å². The van der Waals surface area contributed by atoms with Gasteiger partial charge in [0.1, 0.15) is 0 Å². The third kappa shape index (κ3) is 2.22. The highest BCUT2D eigenvalue weighted by Crippen LogP contribution is 2.29. The van der Waals surface area contributed by atoms with E-state index in [-0.39, 0.29) is 7.43 Å². The predicted octanol–water partition coefficient (Wildman–Crippen LogP) is 3.07. The van der Waals surface area contributed by atoms with Gasteiger partial charge in [0.25, 0.3) is 0 Å². The minimum Gasteiger partial charge on any atom is -0.315 e. The van der Waals surface area contributed by atoms with Crippen LogP contribution in [0.5, 0.6) is 0 Å². The average molecular weight is 226 g/mol. The zero-order valence-corrected chi connectivity index (χ0v) is 9.06. The maximum Gasteiger partial charge on any atom is 0.0737 e. The molecule has 17 heavy (non-hydrogen) atoms. The van der Waals surface area contributed by atoms with Gasteiger partial charge in [-0.05, 0) is 11.6 Å². The van der Waals surface area contributed by atoms with Crippen LogP contribution in [0.3, 0.4) is 0 Å². The molecule has 0 amide bonds. The molecular formula is C15H18N2. The van der Waals surface area contributed by atoms with Gasteiger partial charge in [-0.2, -0.15) is 0 Å². The van der Waals surface area contributed by atoms with Gasteiger partial charge in [0.2, 0.25) is 0 Å². The average Bonchev–Trinajstić information content (AvgIpc) is 2.29. The van der Waals surface area contributed by atoms with Crippen molar-refractivity contribution in [1.29, 1.82) is 0 Å². The van der Waals surface area contributed by atoms with Crippen LogP contribution in [-0.4, -0.2) is 18.1 Å². The number of hydrogen-bond donors (Lipinski definition) is 1. The van der Waals surface area contributed by atoms with E-state index >= 15 is 0 Å². The van der Waals surface area contributed by atoms with Gasteiger partial charge in [0, 0.05) is 30.8 Å². The summed E-state index contributed by atoms with van der Waals surface area (Å²) in [6.45, 7) is 2.15. The molecule has 1 aromatic carbocycles. The molecule has 0 saturated carbocycles. The zero-order chi connectivity index (χ0) is 10.8. The van der Waals surface area contributed by atoms with Gasteiger partial charge in [-0.25, -0.2) is 0 Å².